The average Bonchev–Trinajstić information content (AvgIpc) is 1.69. The molecule has 0 radical (unpaired) electrons. The third-order valence-corrected chi connectivity index (χ3v) is 0.1000. The van der Waals surface area contributed by atoms with Crippen LogP contribution in [0.5, 0.6) is 0 Å². The smallest absolute Gasteiger partial charge is 1.00 e. The summed E-state index contributed by atoms with van der Waals surface area (Å²) in [6.07, 6.45) is 0. The van der Waals surface area contributed by atoms with E-state index in [-0.39, 0.29) is 44.2 Å². The Morgan fingerprint density at radius 1 is 1.25 bits per heavy atom. The Hall–Kier alpha value is 0.880. The third-order valence-electron chi connectivity index (χ3n) is 0.1000. The maximum absolute atomic E-state index is 7.62. The third kappa shape index (κ3) is 67.3. The van der Waals surface area contributed by atoms with Gasteiger partial charge in [-0.25, -0.2) is 0 Å². The molecular weight excluding hydrogens is 119 g/mol. The minimum absolute atomic E-state index is 0. The Morgan fingerprint density at radius 3 is 1.38 bits per heavy atom. The van der Waals surface area contributed by atoms with Gasteiger partial charge >= 0.3 is 29.6 Å². The molecule has 0 rings (SSSR count). The van der Waals surface area contributed by atoms with Crippen molar-refractivity contribution in [3.63, 3.8) is 0 Å². The number of aliphatic hydroxyl groups excluding tert-OH is 2. The van der Waals surface area contributed by atoms with E-state index < -0.39 is 0 Å². The van der Waals surface area contributed by atoms with Crippen LogP contribution in [0.15, 0.2) is 0 Å². The van der Waals surface area contributed by atoms with Crippen molar-refractivity contribution in [2.24, 2.45) is 0 Å². The van der Waals surface area contributed by atoms with E-state index in [0.29, 0.717) is 0 Å². The van der Waals surface area contributed by atoms with Crippen LogP contribution in [0.25, 0.3) is 0 Å². The van der Waals surface area contributed by atoms with Crippen LogP contribution in [0.1, 0.15) is 1.43 Å². The van der Waals surface area contributed by atoms with E-state index >= 15 is 0 Å². The standard InChI is InChI=1S/C2H6O2.C2H6O.Na.H/c3-1-2-4;1-3-2;;/h3-4H,1-2H2;1-2H3;;/q;;+1;-1. The fraction of sp³-hybridized carbons (Fsp3) is 1.00. The van der Waals surface area contributed by atoms with E-state index in [0.717, 1.165) is 0 Å². The van der Waals surface area contributed by atoms with E-state index in [2.05, 4.69) is 4.74 Å². The number of hydrogen-bond donors (Lipinski definition) is 2. The first-order valence-corrected chi connectivity index (χ1v) is 1.95. The normalized spacial score (nSPS) is 6.00. The number of aliphatic hydroxyl groups is 2. The Kier molecular flexibility index (Phi) is 49.4. The van der Waals surface area contributed by atoms with E-state index in [1.54, 1.807) is 14.2 Å². The topological polar surface area (TPSA) is 49.7 Å². The fourth-order valence-electron chi connectivity index (χ4n) is 0. The first-order valence-electron chi connectivity index (χ1n) is 1.95. The van der Waals surface area contributed by atoms with Crippen molar-refractivity contribution in [3.05, 3.63) is 0 Å². The van der Waals surface area contributed by atoms with E-state index in [9.17, 15) is 0 Å². The molecule has 0 heterocycles. The van der Waals surface area contributed by atoms with Crippen LogP contribution in [0.2, 0.25) is 0 Å². The summed E-state index contributed by atoms with van der Waals surface area (Å²) in [4.78, 5) is 0. The summed E-state index contributed by atoms with van der Waals surface area (Å²) in [5, 5.41) is 15.2. The van der Waals surface area contributed by atoms with Crippen molar-refractivity contribution < 1.29 is 45.9 Å². The zero-order valence-electron chi connectivity index (χ0n) is 6.72. The van der Waals surface area contributed by atoms with Gasteiger partial charge in [-0.2, -0.15) is 0 Å². The number of hydrogen-bond acceptors (Lipinski definition) is 3. The molecule has 0 saturated carbocycles. The van der Waals surface area contributed by atoms with Gasteiger partial charge < -0.3 is 16.4 Å². The van der Waals surface area contributed by atoms with Gasteiger partial charge in [0.1, 0.15) is 0 Å². The van der Waals surface area contributed by atoms with Gasteiger partial charge in [0.15, 0.2) is 0 Å². The van der Waals surface area contributed by atoms with Gasteiger partial charge in [-0.3, -0.25) is 0 Å². The predicted molar refractivity (Wildman–Crippen MR) is 28.2 cm³/mol. The maximum Gasteiger partial charge on any atom is 1.00 e. The van der Waals surface area contributed by atoms with Gasteiger partial charge in [-0.15, -0.1) is 0 Å². The van der Waals surface area contributed by atoms with Crippen LogP contribution in [-0.4, -0.2) is 37.6 Å². The summed E-state index contributed by atoms with van der Waals surface area (Å²) < 4.78 is 4.25. The zero-order valence-corrected chi connectivity index (χ0v) is 7.72. The second-order valence-electron chi connectivity index (χ2n) is 0.855. The summed E-state index contributed by atoms with van der Waals surface area (Å²) in [7, 11) is 3.25. The monoisotopic (exact) mass is 132 g/mol. The van der Waals surface area contributed by atoms with Crippen molar-refractivity contribution in [3.8, 4) is 0 Å². The van der Waals surface area contributed by atoms with Crippen molar-refractivity contribution in [1.29, 1.82) is 0 Å². The zero-order chi connectivity index (χ0) is 6.12. The molecule has 0 bridgehead atoms. The number of ether oxygens (including phenoxy) is 1. The molecule has 0 aromatic rings. The quantitative estimate of drug-likeness (QED) is 0.362. The van der Waals surface area contributed by atoms with Crippen LogP contribution < -0.4 is 29.6 Å². The minimum atomic E-state index is -0.125. The van der Waals surface area contributed by atoms with Gasteiger partial charge in [0.2, 0.25) is 0 Å². The molecule has 0 atom stereocenters. The molecule has 0 aliphatic carbocycles. The molecule has 0 fully saturated rings. The van der Waals surface area contributed by atoms with Gasteiger partial charge in [-0.1, -0.05) is 0 Å². The Morgan fingerprint density at radius 2 is 1.38 bits per heavy atom. The van der Waals surface area contributed by atoms with Crippen LogP contribution in [0.4, 0.5) is 0 Å². The Bertz CT molecular complexity index is 23.3. The van der Waals surface area contributed by atoms with Crippen molar-refractivity contribution in [2.75, 3.05) is 27.4 Å². The molecule has 2 N–H and O–H groups in total. The van der Waals surface area contributed by atoms with Gasteiger partial charge in [-0.05, 0) is 0 Å². The molecule has 8 heavy (non-hydrogen) atoms. The molecule has 0 saturated heterocycles. The van der Waals surface area contributed by atoms with Crippen LogP contribution >= 0.6 is 0 Å². The largest absolute Gasteiger partial charge is 1.00 e. The fourth-order valence-corrected chi connectivity index (χ4v) is 0. The molecule has 3 nitrogen and oxygen atoms in total. The van der Waals surface area contributed by atoms with Crippen molar-refractivity contribution in [2.45, 2.75) is 0 Å². The molecule has 4 heteroatoms. The maximum atomic E-state index is 7.62. The van der Waals surface area contributed by atoms with E-state index in [1.807, 2.05) is 0 Å². The summed E-state index contributed by atoms with van der Waals surface area (Å²) in [5.74, 6) is 0. The molecule has 0 aliphatic heterocycles. The van der Waals surface area contributed by atoms with Crippen LogP contribution in [0.3, 0.4) is 0 Å². The first kappa shape index (κ1) is 15.9. The Balaban J connectivity index is -0.0000000233. The van der Waals surface area contributed by atoms with Crippen LogP contribution in [0, 0.1) is 0 Å². The summed E-state index contributed by atoms with van der Waals surface area (Å²) in [5.41, 5.74) is 0. The van der Waals surface area contributed by atoms with Crippen molar-refractivity contribution >= 4 is 0 Å². The summed E-state index contributed by atoms with van der Waals surface area (Å²) >= 11 is 0. The second kappa shape index (κ2) is 24.8. The van der Waals surface area contributed by atoms with E-state index in [1.165, 1.54) is 0 Å². The molecule has 0 aromatic carbocycles. The first-order chi connectivity index (χ1) is 3.33. The van der Waals surface area contributed by atoms with Gasteiger partial charge in [0.05, 0.1) is 13.2 Å². The van der Waals surface area contributed by atoms with Crippen LogP contribution in [-0.2, 0) is 4.74 Å². The van der Waals surface area contributed by atoms with Crippen molar-refractivity contribution in [1.82, 2.24) is 0 Å². The predicted octanol–water partition coefficient (Wildman–Crippen LogP) is -3.65. The second-order valence-corrected chi connectivity index (χ2v) is 0.855. The molecule has 0 aromatic heterocycles. The minimum Gasteiger partial charge on any atom is -1.00 e. The molecule has 0 aliphatic rings. The number of rotatable bonds is 1. The average molecular weight is 132 g/mol. The Labute approximate surface area is 73.4 Å². The van der Waals surface area contributed by atoms with Gasteiger partial charge in [0, 0.05) is 14.2 Å². The SMILES string of the molecule is COC.OCCO.[H-].[Na+]. The van der Waals surface area contributed by atoms with E-state index in [4.69, 9.17) is 10.2 Å². The molecule has 0 unspecified atom stereocenters. The molecule has 0 spiro atoms. The molecule has 0 amide bonds. The molecular formula is C4H13NaO3. The number of methoxy groups -OCH3 is 1. The summed E-state index contributed by atoms with van der Waals surface area (Å²) in [6, 6.07) is 0. The van der Waals surface area contributed by atoms with Gasteiger partial charge in [0.25, 0.3) is 0 Å². The summed E-state index contributed by atoms with van der Waals surface area (Å²) in [6.45, 7) is -0.250. The molecule has 48 valence electrons.